The van der Waals surface area contributed by atoms with Gasteiger partial charge < -0.3 is 14.6 Å². The molecule has 3 aromatic carbocycles. The minimum absolute atomic E-state index is 0.210. The molecule has 2 heterocycles. The van der Waals surface area contributed by atoms with Crippen LogP contribution in [0.4, 0.5) is 18.9 Å². The van der Waals surface area contributed by atoms with Crippen LogP contribution < -0.4 is 5.32 Å². The fraction of sp³-hybridized carbons (Fsp3) is 0.133. The maximum Gasteiger partial charge on any atom is 0.416 e. The Balaban J connectivity index is 1.22. The molecule has 0 radical (unpaired) electrons. The van der Waals surface area contributed by atoms with Gasteiger partial charge in [-0.15, -0.1) is 0 Å². The molecular formula is C30H23F3N2O3. The van der Waals surface area contributed by atoms with Crippen LogP contribution in [-0.2, 0) is 23.9 Å². The molecule has 8 heteroatoms. The molecule has 1 N–H and O–H groups in total. The van der Waals surface area contributed by atoms with Gasteiger partial charge in [-0.1, -0.05) is 30.3 Å². The molecule has 0 bridgehead atoms. The van der Waals surface area contributed by atoms with Gasteiger partial charge in [0.1, 0.15) is 11.5 Å². The molecule has 5 nitrogen and oxygen atoms in total. The Morgan fingerprint density at radius 3 is 2.32 bits per heavy atom. The zero-order valence-corrected chi connectivity index (χ0v) is 20.2. The number of amides is 2. The molecule has 2 amide bonds. The van der Waals surface area contributed by atoms with Crippen molar-refractivity contribution in [2.24, 2.45) is 0 Å². The number of hydrogen-bond acceptors (Lipinski definition) is 3. The van der Waals surface area contributed by atoms with Crippen molar-refractivity contribution in [1.82, 2.24) is 4.90 Å². The first-order chi connectivity index (χ1) is 18.3. The Kier molecular flexibility index (Phi) is 6.87. The topological polar surface area (TPSA) is 62.6 Å². The second-order valence-corrected chi connectivity index (χ2v) is 8.92. The van der Waals surface area contributed by atoms with E-state index in [0.717, 1.165) is 34.6 Å². The fourth-order valence-electron chi connectivity index (χ4n) is 4.27. The third kappa shape index (κ3) is 5.70. The molecule has 0 unspecified atom stereocenters. The number of nitrogens with zero attached hydrogens (tertiary/aromatic N) is 1. The summed E-state index contributed by atoms with van der Waals surface area (Å²) in [6.07, 6.45) is -0.730. The second kappa shape index (κ2) is 10.4. The van der Waals surface area contributed by atoms with Crippen LogP contribution in [0.15, 0.2) is 95.4 Å². The first-order valence-electron chi connectivity index (χ1n) is 12.0. The highest BCUT2D eigenvalue weighted by atomic mass is 19.4. The molecule has 1 aliphatic rings. The van der Waals surface area contributed by atoms with Gasteiger partial charge in [0, 0.05) is 48.0 Å². The number of carbonyl (C=O) groups is 2. The number of fused-ring (bicyclic) bond motifs is 1. The standard InChI is InChI=1S/C30H23F3N2O3/c31-30(32,33)24-11-7-22(8-12-24)29(37)35-17-16-26-23(19-35)18-27(38-26)21-9-13-25(14-10-21)34-28(36)15-6-20-4-2-1-3-5-20/h1-15,18H,16-17,19H2,(H,34,36). The Morgan fingerprint density at radius 2 is 1.63 bits per heavy atom. The SMILES string of the molecule is O=C(C=Cc1ccccc1)Nc1ccc(-c2cc3c(o2)CCN(C(=O)c2ccc(C(F)(F)F)cc2)C3)cc1. The van der Waals surface area contributed by atoms with Crippen molar-refractivity contribution in [2.45, 2.75) is 19.1 Å². The summed E-state index contributed by atoms with van der Waals surface area (Å²) < 4.78 is 44.5. The van der Waals surface area contributed by atoms with E-state index >= 15 is 0 Å². The number of carbonyl (C=O) groups excluding carboxylic acids is 2. The molecule has 0 saturated carbocycles. The Hall–Kier alpha value is -4.59. The number of furan rings is 1. The number of alkyl halides is 3. The fourth-order valence-corrected chi connectivity index (χ4v) is 4.27. The van der Waals surface area contributed by atoms with E-state index in [1.54, 1.807) is 23.1 Å². The average molecular weight is 517 g/mol. The van der Waals surface area contributed by atoms with Crippen LogP contribution in [0.3, 0.4) is 0 Å². The second-order valence-electron chi connectivity index (χ2n) is 8.92. The Morgan fingerprint density at radius 1 is 0.921 bits per heavy atom. The number of anilines is 1. The zero-order chi connectivity index (χ0) is 26.7. The van der Waals surface area contributed by atoms with Gasteiger partial charge in [-0.05, 0) is 66.2 Å². The molecule has 1 aromatic heterocycles. The van der Waals surface area contributed by atoms with Gasteiger partial charge in [0.05, 0.1) is 5.56 Å². The number of hydrogen-bond donors (Lipinski definition) is 1. The van der Waals surface area contributed by atoms with Crippen molar-refractivity contribution in [3.05, 3.63) is 119 Å². The first-order valence-corrected chi connectivity index (χ1v) is 12.0. The van der Waals surface area contributed by atoms with Crippen LogP contribution in [0.1, 0.15) is 32.8 Å². The number of halogens is 3. The third-order valence-corrected chi connectivity index (χ3v) is 6.28. The predicted molar refractivity (Wildman–Crippen MR) is 138 cm³/mol. The number of benzene rings is 3. The molecule has 192 valence electrons. The summed E-state index contributed by atoms with van der Waals surface area (Å²) >= 11 is 0. The lowest BCUT2D eigenvalue weighted by atomic mass is 10.1. The molecule has 0 fully saturated rings. The van der Waals surface area contributed by atoms with Crippen LogP contribution in [-0.4, -0.2) is 23.3 Å². The van der Waals surface area contributed by atoms with Gasteiger partial charge in [-0.3, -0.25) is 9.59 Å². The minimum atomic E-state index is -4.45. The van der Waals surface area contributed by atoms with E-state index in [1.807, 2.05) is 48.5 Å². The van der Waals surface area contributed by atoms with E-state index in [0.29, 0.717) is 31.0 Å². The molecule has 38 heavy (non-hydrogen) atoms. The van der Waals surface area contributed by atoms with Crippen molar-refractivity contribution in [2.75, 3.05) is 11.9 Å². The number of nitrogens with one attached hydrogen (secondary N) is 1. The van der Waals surface area contributed by atoms with Crippen LogP contribution in [0.25, 0.3) is 17.4 Å². The Labute approximate surface area is 217 Å². The normalized spacial score (nSPS) is 13.4. The first kappa shape index (κ1) is 25.1. The summed E-state index contributed by atoms with van der Waals surface area (Å²) in [6.45, 7) is 0.710. The van der Waals surface area contributed by atoms with Gasteiger partial charge in [0.25, 0.3) is 5.91 Å². The maximum atomic E-state index is 12.9. The van der Waals surface area contributed by atoms with Crippen molar-refractivity contribution >= 4 is 23.6 Å². The lowest BCUT2D eigenvalue weighted by molar-refractivity contribution is -0.137. The smallest absolute Gasteiger partial charge is 0.416 e. The van der Waals surface area contributed by atoms with Crippen molar-refractivity contribution in [3.8, 4) is 11.3 Å². The van der Waals surface area contributed by atoms with E-state index < -0.39 is 11.7 Å². The molecule has 0 atom stereocenters. The average Bonchev–Trinajstić information content (AvgIpc) is 3.36. The third-order valence-electron chi connectivity index (χ3n) is 6.28. The Bertz CT molecular complexity index is 1470. The summed E-state index contributed by atoms with van der Waals surface area (Å²) in [6, 6.07) is 22.9. The van der Waals surface area contributed by atoms with Crippen LogP contribution >= 0.6 is 0 Å². The van der Waals surface area contributed by atoms with Crippen LogP contribution in [0.2, 0.25) is 0 Å². The van der Waals surface area contributed by atoms with Crippen LogP contribution in [0, 0.1) is 0 Å². The van der Waals surface area contributed by atoms with Gasteiger partial charge in [0.2, 0.25) is 5.91 Å². The van der Waals surface area contributed by atoms with E-state index in [9.17, 15) is 22.8 Å². The van der Waals surface area contributed by atoms with E-state index in [-0.39, 0.29) is 17.4 Å². The summed E-state index contributed by atoms with van der Waals surface area (Å²) in [7, 11) is 0. The van der Waals surface area contributed by atoms with Crippen molar-refractivity contribution in [3.63, 3.8) is 0 Å². The summed E-state index contributed by atoms with van der Waals surface area (Å²) in [5.74, 6) is 0.849. The molecule has 0 spiro atoms. The summed E-state index contributed by atoms with van der Waals surface area (Å²) in [4.78, 5) is 26.7. The monoisotopic (exact) mass is 516 g/mol. The zero-order valence-electron chi connectivity index (χ0n) is 20.2. The molecule has 0 aliphatic carbocycles. The lowest BCUT2D eigenvalue weighted by Crippen LogP contribution is -2.35. The highest BCUT2D eigenvalue weighted by Gasteiger charge is 2.31. The van der Waals surface area contributed by atoms with Crippen LogP contribution in [0.5, 0.6) is 0 Å². The predicted octanol–water partition coefficient (Wildman–Crippen LogP) is 6.82. The minimum Gasteiger partial charge on any atom is -0.461 e. The van der Waals surface area contributed by atoms with Gasteiger partial charge in [-0.25, -0.2) is 0 Å². The van der Waals surface area contributed by atoms with E-state index in [2.05, 4.69) is 5.32 Å². The van der Waals surface area contributed by atoms with E-state index in [4.69, 9.17) is 4.42 Å². The summed E-state index contributed by atoms with van der Waals surface area (Å²) in [5, 5.41) is 2.82. The van der Waals surface area contributed by atoms with Gasteiger partial charge in [0.15, 0.2) is 0 Å². The molecule has 4 aromatic rings. The number of rotatable bonds is 5. The van der Waals surface area contributed by atoms with Gasteiger partial charge >= 0.3 is 6.18 Å². The highest BCUT2D eigenvalue weighted by molar-refractivity contribution is 6.02. The van der Waals surface area contributed by atoms with Crippen molar-refractivity contribution < 1.29 is 27.2 Å². The van der Waals surface area contributed by atoms with Crippen molar-refractivity contribution in [1.29, 1.82) is 0 Å². The lowest BCUT2D eigenvalue weighted by Gasteiger charge is -2.26. The molecule has 5 rings (SSSR count). The molecule has 1 aliphatic heterocycles. The van der Waals surface area contributed by atoms with Gasteiger partial charge in [-0.2, -0.15) is 13.2 Å². The molecule has 0 saturated heterocycles. The highest BCUT2D eigenvalue weighted by Crippen LogP contribution is 2.32. The quantitative estimate of drug-likeness (QED) is 0.296. The largest absolute Gasteiger partial charge is 0.461 e. The summed E-state index contributed by atoms with van der Waals surface area (Å²) in [5.41, 5.74) is 2.67. The molecular weight excluding hydrogens is 493 g/mol. The maximum absolute atomic E-state index is 12.9. The van der Waals surface area contributed by atoms with E-state index in [1.165, 1.54) is 18.2 Å².